The molecule has 6 nitrogen and oxygen atoms in total. The highest BCUT2D eigenvalue weighted by Gasteiger charge is 2.18. The van der Waals surface area contributed by atoms with Crippen LogP contribution in [0.15, 0.2) is 58.1 Å². The van der Waals surface area contributed by atoms with E-state index in [1.165, 1.54) is 6.92 Å². The Morgan fingerprint density at radius 2 is 1.81 bits per heavy atom. The number of nitrogens with zero attached hydrogens (tertiary/aromatic N) is 2. The molecular formula is C9H12N2O4S. The van der Waals surface area contributed by atoms with E-state index in [2.05, 4.69) is 30.0 Å². The van der Waals surface area contributed by atoms with Gasteiger partial charge in [0.2, 0.25) is 0 Å². The van der Waals surface area contributed by atoms with Gasteiger partial charge in [0.15, 0.2) is 0 Å². The summed E-state index contributed by atoms with van der Waals surface area (Å²) in [5.41, 5.74) is -0.196. The first-order valence-electron chi connectivity index (χ1n) is 3.99. The first kappa shape index (κ1) is 14.3. The lowest BCUT2D eigenvalue weighted by Crippen LogP contribution is -2.03. The zero-order valence-electron chi connectivity index (χ0n) is 8.71. The van der Waals surface area contributed by atoms with Crippen molar-refractivity contribution in [2.75, 3.05) is 0 Å². The first-order chi connectivity index (χ1) is 7.20. The van der Waals surface area contributed by atoms with Crippen molar-refractivity contribution in [3.8, 4) is 0 Å². The number of allylic oxidation sites excluding steroid dienone is 2. The third-order valence-electron chi connectivity index (χ3n) is 1.29. The Morgan fingerprint density at radius 3 is 2.06 bits per heavy atom. The summed E-state index contributed by atoms with van der Waals surface area (Å²) >= 11 is 0. The normalized spacial score (nSPS) is 13.4. The van der Waals surface area contributed by atoms with Gasteiger partial charge in [0.1, 0.15) is 16.4 Å². The van der Waals surface area contributed by atoms with E-state index in [0.29, 0.717) is 0 Å². The number of hydrogen-bond donors (Lipinski definition) is 2. The average molecular weight is 244 g/mol. The van der Waals surface area contributed by atoms with Crippen LogP contribution in [0.3, 0.4) is 0 Å². The fraction of sp³-hybridized carbons (Fsp3) is 0.111. The molecule has 0 heterocycles. The molecule has 0 saturated heterocycles. The monoisotopic (exact) mass is 244 g/mol. The van der Waals surface area contributed by atoms with Crippen LogP contribution in [-0.2, 0) is 10.1 Å². The van der Waals surface area contributed by atoms with Crippen molar-refractivity contribution in [3.63, 3.8) is 0 Å². The van der Waals surface area contributed by atoms with E-state index in [0.717, 1.165) is 6.08 Å². The molecule has 0 rings (SSSR count). The van der Waals surface area contributed by atoms with Gasteiger partial charge in [-0.25, -0.2) is 0 Å². The van der Waals surface area contributed by atoms with Gasteiger partial charge in [-0.05, 0) is 13.0 Å². The Bertz CT molecular complexity index is 486. The summed E-state index contributed by atoms with van der Waals surface area (Å²) in [7, 11) is -4.55. The number of aliphatic hydroxyl groups excluding tert-OH is 1. The zero-order valence-corrected chi connectivity index (χ0v) is 9.53. The molecule has 0 aromatic heterocycles. The van der Waals surface area contributed by atoms with Gasteiger partial charge in [-0.2, -0.15) is 13.5 Å². The van der Waals surface area contributed by atoms with Gasteiger partial charge in [-0.1, -0.05) is 19.7 Å². The molecule has 0 unspecified atom stereocenters. The van der Waals surface area contributed by atoms with Crippen LogP contribution < -0.4 is 0 Å². The van der Waals surface area contributed by atoms with E-state index in [1.54, 1.807) is 0 Å². The molecule has 0 aliphatic heterocycles. The van der Waals surface area contributed by atoms with E-state index in [9.17, 15) is 8.42 Å². The molecule has 0 aliphatic carbocycles. The van der Waals surface area contributed by atoms with Crippen LogP contribution in [0.25, 0.3) is 0 Å². The number of rotatable bonds is 5. The highest BCUT2D eigenvalue weighted by molar-refractivity contribution is 7.90. The van der Waals surface area contributed by atoms with Crippen LogP contribution in [0.4, 0.5) is 0 Å². The van der Waals surface area contributed by atoms with Crippen LogP contribution in [0, 0.1) is 0 Å². The predicted molar refractivity (Wildman–Crippen MR) is 60.2 cm³/mol. The molecule has 7 heteroatoms. The van der Waals surface area contributed by atoms with Crippen LogP contribution >= 0.6 is 0 Å². The van der Waals surface area contributed by atoms with Crippen molar-refractivity contribution >= 4 is 10.1 Å². The molecule has 0 fully saturated rings. The third-order valence-corrected chi connectivity index (χ3v) is 2.21. The Labute approximate surface area is 93.8 Å². The van der Waals surface area contributed by atoms with Gasteiger partial charge in [0, 0.05) is 0 Å². The summed E-state index contributed by atoms with van der Waals surface area (Å²) in [6, 6.07) is 0. The minimum Gasteiger partial charge on any atom is -0.506 e. The SMILES string of the molecule is C=C/C(=C(/N=NC(=C)C)C(=C)O)S(=O)(=O)O. The first-order valence-corrected chi connectivity index (χ1v) is 5.43. The molecule has 0 bridgehead atoms. The molecular weight excluding hydrogens is 232 g/mol. The third kappa shape index (κ3) is 4.20. The minimum atomic E-state index is -4.55. The molecule has 0 atom stereocenters. The summed E-state index contributed by atoms with van der Waals surface area (Å²) in [6.07, 6.45) is 0.823. The molecule has 0 aromatic carbocycles. The lowest BCUT2D eigenvalue weighted by atomic mass is 10.3. The fourth-order valence-electron chi connectivity index (χ4n) is 0.709. The van der Waals surface area contributed by atoms with Crippen LogP contribution in [0.5, 0.6) is 0 Å². The Balaban J connectivity index is 5.83. The Hall–Kier alpha value is -1.73. The van der Waals surface area contributed by atoms with Gasteiger partial charge < -0.3 is 5.11 Å². The highest BCUT2D eigenvalue weighted by Crippen LogP contribution is 2.19. The smallest absolute Gasteiger partial charge is 0.296 e. The fourth-order valence-corrected chi connectivity index (χ4v) is 1.32. The van der Waals surface area contributed by atoms with Crippen molar-refractivity contribution < 1.29 is 18.1 Å². The van der Waals surface area contributed by atoms with Crippen molar-refractivity contribution in [1.29, 1.82) is 0 Å². The molecule has 0 spiro atoms. The topological polar surface area (TPSA) is 99.3 Å². The Morgan fingerprint density at radius 1 is 1.31 bits per heavy atom. The van der Waals surface area contributed by atoms with Gasteiger partial charge >= 0.3 is 0 Å². The number of aliphatic hydroxyl groups is 1. The van der Waals surface area contributed by atoms with Gasteiger partial charge in [0.25, 0.3) is 10.1 Å². The summed E-state index contributed by atoms with van der Waals surface area (Å²) in [6.45, 7) is 11.2. The summed E-state index contributed by atoms with van der Waals surface area (Å²) in [5.74, 6) is -0.655. The van der Waals surface area contributed by atoms with Crippen LogP contribution in [0.1, 0.15) is 6.92 Å². The van der Waals surface area contributed by atoms with E-state index < -0.39 is 26.5 Å². The molecule has 16 heavy (non-hydrogen) atoms. The van der Waals surface area contributed by atoms with Gasteiger partial charge in [-0.15, -0.1) is 5.11 Å². The summed E-state index contributed by atoms with van der Waals surface area (Å²) in [4.78, 5) is -0.676. The quantitative estimate of drug-likeness (QED) is 0.335. The van der Waals surface area contributed by atoms with Crippen LogP contribution in [-0.4, -0.2) is 18.1 Å². The van der Waals surface area contributed by atoms with Crippen molar-refractivity contribution in [3.05, 3.63) is 47.9 Å². The lowest BCUT2D eigenvalue weighted by molar-refractivity contribution is 0.422. The highest BCUT2D eigenvalue weighted by atomic mass is 32.2. The van der Waals surface area contributed by atoms with Crippen molar-refractivity contribution in [2.45, 2.75) is 6.92 Å². The van der Waals surface area contributed by atoms with Gasteiger partial charge in [-0.3, -0.25) is 4.55 Å². The molecule has 0 aliphatic rings. The zero-order chi connectivity index (χ0) is 12.9. The second-order valence-electron chi connectivity index (χ2n) is 2.77. The molecule has 0 radical (unpaired) electrons. The summed E-state index contributed by atoms with van der Waals surface area (Å²) < 4.78 is 30.6. The molecule has 88 valence electrons. The predicted octanol–water partition coefficient (Wildman–Crippen LogP) is 2.33. The van der Waals surface area contributed by atoms with Crippen molar-refractivity contribution in [2.24, 2.45) is 10.2 Å². The maximum absolute atomic E-state index is 10.9. The van der Waals surface area contributed by atoms with E-state index in [-0.39, 0.29) is 5.70 Å². The molecule has 0 aromatic rings. The maximum Gasteiger partial charge on any atom is 0.296 e. The lowest BCUT2D eigenvalue weighted by Gasteiger charge is -2.02. The van der Waals surface area contributed by atoms with Crippen LogP contribution in [0.2, 0.25) is 0 Å². The summed E-state index contributed by atoms with van der Waals surface area (Å²) in [5, 5.41) is 16.0. The largest absolute Gasteiger partial charge is 0.506 e. The second kappa shape index (κ2) is 5.38. The maximum atomic E-state index is 10.9. The molecule has 2 N–H and O–H groups in total. The van der Waals surface area contributed by atoms with E-state index in [1.807, 2.05) is 0 Å². The van der Waals surface area contributed by atoms with Crippen molar-refractivity contribution in [1.82, 2.24) is 0 Å². The molecule has 0 amide bonds. The minimum absolute atomic E-state index is 0.289. The van der Waals surface area contributed by atoms with Gasteiger partial charge in [0.05, 0.1) is 5.70 Å². The standard InChI is InChI=1S/C9H12N2O4S/c1-5-8(16(13,14)15)9(7(4)12)11-10-6(2)3/h5,12H,1-2,4H2,3H3,(H,13,14,15)/b9-8-,11-10?. The van der Waals surface area contributed by atoms with E-state index >= 15 is 0 Å². The number of azo groups is 1. The molecule has 0 saturated carbocycles. The average Bonchev–Trinajstić information content (AvgIpc) is 2.08. The number of hydrogen-bond acceptors (Lipinski definition) is 5. The second-order valence-corrected chi connectivity index (χ2v) is 4.16. The van der Waals surface area contributed by atoms with E-state index in [4.69, 9.17) is 9.66 Å². The Kier molecular flexibility index (Phi) is 4.80.